The van der Waals surface area contributed by atoms with Gasteiger partial charge in [-0.15, -0.1) is 11.3 Å². The zero-order valence-electron chi connectivity index (χ0n) is 44.4. The number of rotatable bonds is 17. The number of nitrogens with zero attached hydrogens (tertiary/aromatic N) is 7. The Morgan fingerprint density at radius 1 is 0.947 bits per heavy atom. The summed E-state index contributed by atoms with van der Waals surface area (Å²) in [5.41, 5.74) is 3.82. The van der Waals surface area contributed by atoms with Gasteiger partial charge in [0.25, 0.3) is 5.91 Å². The van der Waals surface area contributed by atoms with Crippen LogP contribution in [0, 0.1) is 40.4 Å². The third-order valence-electron chi connectivity index (χ3n) is 15.8. The Hall–Kier alpha value is -5.68. The molecule has 4 aromatic rings. The van der Waals surface area contributed by atoms with Gasteiger partial charge in [-0.05, 0) is 73.0 Å². The first-order valence-corrected chi connectivity index (χ1v) is 27.4. The van der Waals surface area contributed by atoms with Crippen molar-refractivity contribution in [1.82, 2.24) is 40.6 Å². The lowest BCUT2D eigenvalue weighted by Gasteiger charge is -2.63. The average Bonchev–Trinajstić information content (AvgIpc) is 4.18. The number of β-amino-alcohol motifs (C(OH)–C–C–N with tert-alkyl or cyclic N) is 1. The van der Waals surface area contributed by atoms with Crippen LogP contribution in [0.25, 0.3) is 10.4 Å². The average molecular weight is 1070 g/mol. The molecule has 4 fully saturated rings. The molecule has 2 aromatic carbocycles. The van der Waals surface area contributed by atoms with Crippen LogP contribution in [-0.2, 0) is 14.4 Å². The van der Waals surface area contributed by atoms with E-state index in [2.05, 4.69) is 69.4 Å². The number of thiazole rings is 1. The minimum atomic E-state index is -0.980. The van der Waals surface area contributed by atoms with Gasteiger partial charge in [0.1, 0.15) is 35.8 Å². The predicted octanol–water partition coefficient (Wildman–Crippen LogP) is 5.83. The number of piperazine rings is 1. The van der Waals surface area contributed by atoms with Gasteiger partial charge < -0.3 is 45.6 Å². The lowest BCUT2D eigenvalue weighted by Crippen LogP contribution is -2.74. The number of nitriles is 1. The standard InChI is InChI=1S/C56H73ClN10O7S/c1-34-47(75-33-60-34)37-11-9-36(10-12-37)43(32-68)61-50(72)44-25-40(69)30-67(44)51(73)48(54(2,3)4)62-46(70)31-65-23-21-64(22-24-65)19-17-35-18-20-66(29-35)45-16-14-39(28-59-45)49(71)63-52-55(5,6)53(56(52,7)8)74-41-15-13-38(27-58)42(57)26-41/h9-16,26,28,33,35,40,43-44,48,52-53,68-69H,17-25,29-32H2,1-8H3,(H,61,72)(H,62,70)(H,63,71)/t35?,40-,43+,44+,48-,52-,53-/m1/s1. The van der Waals surface area contributed by atoms with Gasteiger partial charge in [0.15, 0.2) is 0 Å². The Balaban J connectivity index is 0.761. The van der Waals surface area contributed by atoms with Crippen molar-refractivity contribution in [2.75, 3.05) is 70.4 Å². The van der Waals surface area contributed by atoms with Crippen molar-refractivity contribution in [1.29, 1.82) is 5.26 Å². The number of amides is 4. The molecule has 5 N–H and O–H groups in total. The van der Waals surface area contributed by atoms with E-state index in [0.29, 0.717) is 46.5 Å². The Morgan fingerprint density at radius 2 is 1.65 bits per heavy atom. The summed E-state index contributed by atoms with van der Waals surface area (Å²) in [6.45, 7) is 21.4. The molecule has 3 aliphatic heterocycles. The van der Waals surface area contributed by atoms with Gasteiger partial charge in [-0.3, -0.25) is 24.1 Å². The van der Waals surface area contributed by atoms with Crippen LogP contribution < -0.4 is 25.6 Å². The zero-order valence-corrected chi connectivity index (χ0v) is 46.0. The number of carbonyl (C=O) groups excluding carboxylic acids is 4. The monoisotopic (exact) mass is 1060 g/mol. The number of aliphatic hydroxyl groups is 2. The molecule has 75 heavy (non-hydrogen) atoms. The molecular weight excluding hydrogens is 992 g/mol. The Morgan fingerprint density at radius 3 is 2.27 bits per heavy atom. The molecule has 17 nitrogen and oxygen atoms in total. The lowest BCUT2D eigenvalue weighted by atomic mass is 9.49. The third kappa shape index (κ3) is 12.5. The summed E-state index contributed by atoms with van der Waals surface area (Å²) in [5, 5.41) is 39.8. The molecule has 19 heteroatoms. The smallest absolute Gasteiger partial charge is 0.253 e. The van der Waals surface area contributed by atoms with Gasteiger partial charge in [0.2, 0.25) is 17.7 Å². The molecule has 1 unspecified atom stereocenters. The van der Waals surface area contributed by atoms with E-state index in [4.69, 9.17) is 21.3 Å². The zero-order chi connectivity index (χ0) is 54.0. The maximum atomic E-state index is 14.3. The second-order valence-electron chi connectivity index (χ2n) is 23.1. The number of aromatic nitrogens is 2. The van der Waals surface area contributed by atoms with E-state index in [0.717, 1.165) is 67.5 Å². The van der Waals surface area contributed by atoms with Crippen LogP contribution in [0.5, 0.6) is 5.75 Å². The second kappa shape index (κ2) is 22.9. The third-order valence-corrected chi connectivity index (χ3v) is 17.1. The number of aryl methyl sites for hydroxylation is 1. The highest BCUT2D eigenvalue weighted by Gasteiger charge is 2.64. The van der Waals surface area contributed by atoms with Crippen LogP contribution >= 0.6 is 22.9 Å². The van der Waals surface area contributed by atoms with Gasteiger partial charge in [-0.2, -0.15) is 5.26 Å². The quantitative estimate of drug-likeness (QED) is 0.0843. The van der Waals surface area contributed by atoms with Crippen LogP contribution in [0.2, 0.25) is 5.02 Å². The fraction of sp³-hybridized carbons (Fsp3) is 0.554. The topological polar surface area (TPSA) is 217 Å². The number of halogens is 1. The first kappa shape index (κ1) is 55.5. The summed E-state index contributed by atoms with van der Waals surface area (Å²) < 4.78 is 6.39. The number of aliphatic hydroxyl groups excluding tert-OH is 2. The maximum absolute atomic E-state index is 14.3. The minimum absolute atomic E-state index is 0.0407. The van der Waals surface area contributed by atoms with E-state index in [1.807, 2.05) is 64.1 Å². The number of benzene rings is 2. The van der Waals surface area contributed by atoms with Crippen LogP contribution in [0.4, 0.5) is 5.82 Å². The summed E-state index contributed by atoms with van der Waals surface area (Å²) >= 11 is 7.81. The number of anilines is 1. The van der Waals surface area contributed by atoms with E-state index >= 15 is 0 Å². The van der Waals surface area contributed by atoms with E-state index < -0.39 is 41.5 Å². The summed E-state index contributed by atoms with van der Waals surface area (Å²) in [5.74, 6) is 0.556. The first-order chi connectivity index (χ1) is 35.6. The summed E-state index contributed by atoms with van der Waals surface area (Å²) in [4.78, 5) is 73.6. The largest absolute Gasteiger partial charge is 0.489 e. The fourth-order valence-corrected chi connectivity index (χ4v) is 12.8. The molecule has 8 rings (SSSR count). The van der Waals surface area contributed by atoms with Crippen molar-refractivity contribution in [3.8, 4) is 22.3 Å². The molecule has 4 amide bonds. The number of hydrogen-bond acceptors (Lipinski definition) is 14. The number of pyridine rings is 1. The van der Waals surface area contributed by atoms with Crippen LogP contribution in [0.15, 0.2) is 66.3 Å². The van der Waals surface area contributed by atoms with Crippen molar-refractivity contribution in [3.63, 3.8) is 0 Å². The highest BCUT2D eigenvalue weighted by atomic mass is 35.5. The Bertz CT molecular complexity index is 2720. The molecule has 402 valence electrons. The van der Waals surface area contributed by atoms with Crippen molar-refractivity contribution in [2.45, 2.75) is 111 Å². The molecule has 0 spiro atoms. The molecule has 5 heterocycles. The molecule has 4 aliphatic rings. The van der Waals surface area contributed by atoms with E-state index in [1.54, 1.807) is 29.9 Å². The highest BCUT2D eigenvalue weighted by Crippen LogP contribution is 2.55. The molecular formula is C56H73ClN10O7S. The molecule has 0 radical (unpaired) electrons. The first-order valence-electron chi connectivity index (χ1n) is 26.1. The van der Waals surface area contributed by atoms with Gasteiger partial charge in [0.05, 0.1) is 57.5 Å². The molecule has 3 saturated heterocycles. The normalized spacial score (nSPS) is 23.4. The number of carbonyl (C=O) groups is 4. The molecule has 1 saturated carbocycles. The van der Waals surface area contributed by atoms with Crippen molar-refractivity contribution in [3.05, 3.63) is 93.7 Å². The van der Waals surface area contributed by atoms with E-state index in [1.165, 1.54) is 16.2 Å². The van der Waals surface area contributed by atoms with Crippen LogP contribution in [0.3, 0.4) is 0 Å². The number of hydrogen-bond donors (Lipinski definition) is 5. The molecule has 5 atom stereocenters. The Kier molecular flexibility index (Phi) is 16.9. The van der Waals surface area contributed by atoms with Crippen molar-refractivity contribution < 1.29 is 34.1 Å². The summed E-state index contributed by atoms with van der Waals surface area (Å²) in [7, 11) is 0. The van der Waals surface area contributed by atoms with Crippen molar-refractivity contribution in [2.24, 2.45) is 22.2 Å². The van der Waals surface area contributed by atoms with E-state index in [9.17, 15) is 34.7 Å². The molecule has 2 aromatic heterocycles. The number of nitrogens with one attached hydrogen (secondary N) is 3. The van der Waals surface area contributed by atoms with Crippen molar-refractivity contribution >= 4 is 52.4 Å². The van der Waals surface area contributed by atoms with Gasteiger partial charge in [-0.1, -0.05) is 84.3 Å². The highest BCUT2D eigenvalue weighted by molar-refractivity contribution is 7.13. The van der Waals surface area contributed by atoms with Gasteiger partial charge >= 0.3 is 0 Å². The summed E-state index contributed by atoms with van der Waals surface area (Å²) in [6, 6.07) is 15.6. The molecule has 1 aliphatic carbocycles. The second-order valence-corrected chi connectivity index (χ2v) is 24.4. The summed E-state index contributed by atoms with van der Waals surface area (Å²) in [6.07, 6.45) is 2.66. The number of ether oxygens (including phenoxy) is 1. The SMILES string of the molecule is Cc1ncsc1-c1ccc([C@H](CO)NC(=O)[C@@H]2C[C@@H](O)CN2C(=O)[C@@H](NC(=O)CN2CCN(CCC3CCN(c4ccc(C(=O)N[C@H]5C(C)(C)[C@H](Oc6ccc(C#N)c(Cl)c6)C5(C)C)cn4)C3)CC2)C(C)(C)C)cc1. The van der Waals surface area contributed by atoms with Crippen LogP contribution in [0.1, 0.15) is 101 Å². The predicted molar refractivity (Wildman–Crippen MR) is 289 cm³/mol. The number of likely N-dealkylation sites (tertiary alicyclic amines) is 1. The maximum Gasteiger partial charge on any atom is 0.253 e. The molecule has 0 bridgehead atoms. The van der Waals surface area contributed by atoms with E-state index in [-0.39, 0.29) is 60.9 Å². The fourth-order valence-electron chi connectivity index (χ4n) is 11.8. The lowest BCUT2D eigenvalue weighted by molar-refractivity contribution is -0.164. The van der Waals surface area contributed by atoms with Gasteiger partial charge in [0, 0.05) is 81.4 Å². The van der Waals surface area contributed by atoms with Crippen LogP contribution in [-0.4, -0.2) is 154 Å². The minimum Gasteiger partial charge on any atom is -0.489 e. The Labute approximate surface area is 450 Å². The van der Waals surface area contributed by atoms with Gasteiger partial charge in [-0.25, -0.2) is 9.97 Å².